The minimum absolute atomic E-state index is 0.203. The molecule has 1 saturated heterocycles. The van der Waals surface area contributed by atoms with Gasteiger partial charge in [0.25, 0.3) is 0 Å². The van der Waals surface area contributed by atoms with Crippen LogP contribution in [0.2, 0.25) is 0 Å². The maximum Gasteiger partial charge on any atom is 0.238 e. The second-order valence-electron chi connectivity index (χ2n) is 5.52. The SMILES string of the molecule is NC1(C2CC2)CN(c2ccc(S(N)(=O)=O)cc2F)C1. The van der Waals surface area contributed by atoms with Gasteiger partial charge in [0.05, 0.1) is 16.1 Å². The number of hydrogen-bond acceptors (Lipinski definition) is 4. The Morgan fingerprint density at radius 3 is 2.42 bits per heavy atom. The number of nitrogens with two attached hydrogens (primary N) is 2. The van der Waals surface area contributed by atoms with Gasteiger partial charge in [-0.3, -0.25) is 0 Å². The highest BCUT2D eigenvalue weighted by molar-refractivity contribution is 7.89. The monoisotopic (exact) mass is 285 g/mol. The molecule has 4 N–H and O–H groups in total. The van der Waals surface area contributed by atoms with Gasteiger partial charge in [-0.1, -0.05) is 0 Å². The van der Waals surface area contributed by atoms with Crippen molar-refractivity contribution >= 4 is 15.7 Å². The molecule has 0 amide bonds. The van der Waals surface area contributed by atoms with Gasteiger partial charge in [0.1, 0.15) is 5.82 Å². The van der Waals surface area contributed by atoms with Crippen molar-refractivity contribution in [2.45, 2.75) is 23.3 Å². The number of hydrogen-bond donors (Lipinski definition) is 2. The molecule has 19 heavy (non-hydrogen) atoms. The Morgan fingerprint density at radius 2 is 1.95 bits per heavy atom. The first kappa shape index (κ1) is 12.8. The van der Waals surface area contributed by atoms with E-state index in [4.69, 9.17) is 10.9 Å². The van der Waals surface area contributed by atoms with E-state index in [1.54, 1.807) is 0 Å². The van der Waals surface area contributed by atoms with Gasteiger partial charge in [-0.15, -0.1) is 0 Å². The first-order valence-corrected chi connectivity index (χ1v) is 7.70. The molecule has 0 atom stereocenters. The van der Waals surface area contributed by atoms with E-state index in [1.807, 2.05) is 4.90 Å². The fraction of sp³-hybridized carbons (Fsp3) is 0.500. The Morgan fingerprint density at radius 1 is 1.32 bits per heavy atom. The molecular formula is C12H16FN3O2S. The first-order chi connectivity index (χ1) is 8.79. The van der Waals surface area contributed by atoms with Crippen LogP contribution in [-0.2, 0) is 10.0 Å². The van der Waals surface area contributed by atoms with E-state index in [0.717, 1.165) is 18.9 Å². The van der Waals surface area contributed by atoms with E-state index < -0.39 is 15.8 Å². The fourth-order valence-corrected chi connectivity index (χ4v) is 3.20. The van der Waals surface area contributed by atoms with Crippen LogP contribution in [0, 0.1) is 11.7 Å². The van der Waals surface area contributed by atoms with Crippen LogP contribution in [0.3, 0.4) is 0 Å². The maximum absolute atomic E-state index is 13.9. The molecule has 3 rings (SSSR count). The number of halogens is 1. The average Bonchev–Trinajstić information content (AvgIpc) is 3.07. The van der Waals surface area contributed by atoms with Crippen LogP contribution in [-0.4, -0.2) is 27.0 Å². The van der Waals surface area contributed by atoms with Crippen molar-refractivity contribution in [2.75, 3.05) is 18.0 Å². The predicted molar refractivity (Wildman–Crippen MR) is 69.6 cm³/mol. The van der Waals surface area contributed by atoms with Gasteiger partial charge in [0.15, 0.2) is 0 Å². The first-order valence-electron chi connectivity index (χ1n) is 6.16. The summed E-state index contributed by atoms with van der Waals surface area (Å²) < 4.78 is 36.2. The topological polar surface area (TPSA) is 89.4 Å². The number of rotatable bonds is 3. The second kappa shape index (κ2) is 3.91. The van der Waals surface area contributed by atoms with Gasteiger partial charge >= 0.3 is 0 Å². The molecule has 1 saturated carbocycles. The molecule has 1 aromatic carbocycles. The van der Waals surface area contributed by atoms with E-state index >= 15 is 0 Å². The Balaban J connectivity index is 1.80. The third-order valence-corrected chi connectivity index (χ3v) is 4.86. The summed E-state index contributed by atoms with van der Waals surface area (Å²) in [4.78, 5) is 1.62. The van der Waals surface area contributed by atoms with E-state index in [1.165, 1.54) is 12.1 Å². The number of anilines is 1. The van der Waals surface area contributed by atoms with Gasteiger partial charge in [-0.25, -0.2) is 17.9 Å². The molecule has 2 fully saturated rings. The van der Waals surface area contributed by atoms with E-state index in [2.05, 4.69) is 0 Å². The minimum Gasteiger partial charge on any atom is -0.365 e. The molecule has 0 spiro atoms. The smallest absolute Gasteiger partial charge is 0.238 e. The van der Waals surface area contributed by atoms with Gasteiger partial charge < -0.3 is 10.6 Å². The summed E-state index contributed by atoms with van der Waals surface area (Å²) in [6.07, 6.45) is 2.30. The maximum atomic E-state index is 13.9. The normalized spacial score (nSPS) is 22.2. The van der Waals surface area contributed by atoms with Crippen molar-refractivity contribution in [1.82, 2.24) is 0 Å². The summed E-state index contributed by atoms with van der Waals surface area (Å²) in [5.41, 5.74) is 6.39. The number of benzene rings is 1. The highest BCUT2D eigenvalue weighted by atomic mass is 32.2. The lowest BCUT2D eigenvalue weighted by molar-refractivity contribution is 0.288. The van der Waals surface area contributed by atoms with Crippen molar-refractivity contribution in [3.8, 4) is 0 Å². The van der Waals surface area contributed by atoms with E-state index in [-0.39, 0.29) is 10.4 Å². The third-order valence-electron chi connectivity index (χ3n) is 3.95. The summed E-state index contributed by atoms with van der Waals surface area (Å²) in [7, 11) is -3.87. The largest absolute Gasteiger partial charge is 0.365 e. The number of nitrogens with zero attached hydrogens (tertiary/aromatic N) is 1. The lowest BCUT2D eigenvalue weighted by atomic mass is 9.85. The Bertz CT molecular complexity index is 622. The van der Waals surface area contributed by atoms with Crippen molar-refractivity contribution in [3.63, 3.8) is 0 Å². The zero-order valence-electron chi connectivity index (χ0n) is 10.3. The molecule has 5 nitrogen and oxygen atoms in total. The molecule has 0 aromatic heterocycles. The van der Waals surface area contributed by atoms with Crippen LogP contribution in [0.4, 0.5) is 10.1 Å². The molecule has 104 valence electrons. The summed E-state index contributed by atoms with van der Waals surface area (Å²) in [5.74, 6) is -0.0279. The van der Waals surface area contributed by atoms with Gasteiger partial charge in [-0.2, -0.15) is 0 Å². The lowest BCUT2D eigenvalue weighted by Gasteiger charge is -2.49. The Hall–Kier alpha value is -1.18. The van der Waals surface area contributed by atoms with Crippen molar-refractivity contribution in [3.05, 3.63) is 24.0 Å². The Labute approximate surface area is 111 Å². The van der Waals surface area contributed by atoms with Crippen molar-refractivity contribution < 1.29 is 12.8 Å². The molecular weight excluding hydrogens is 269 g/mol. The zero-order valence-corrected chi connectivity index (χ0v) is 11.2. The van der Waals surface area contributed by atoms with Crippen molar-refractivity contribution in [2.24, 2.45) is 16.8 Å². The van der Waals surface area contributed by atoms with Crippen LogP contribution in [0.25, 0.3) is 0 Å². The fourth-order valence-electron chi connectivity index (χ4n) is 2.67. The molecule has 2 aliphatic rings. The van der Waals surface area contributed by atoms with Crippen molar-refractivity contribution in [1.29, 1.82) is 0 Å². The molecule has 1 aliphatic carbocycles. The number of sulfonamides is 1. The molecule has 1 aliphatic heterocycles. The van der Waals surface area contributed by atoms with Crippen LogP contribution < -0.4 is 15.8 Å². The number of primary sulfonamides is 1. The molecule has 0 bridgehead atoms. The van der Waals surface area contributed by atoms with Crippen LogP contribution in [0.5, 0.6) is 0 Å². The molecule has 7 heteroatoms. The Kier molecular flexibility index (Phi) is 2.64. The van der Waals surface area contributed by atoms with Crippen LogP contribution in [0.15, 0.2) is 23.1 Å². The average molecular weight is 285 g/mol. The highest BCUT2D eigenvalue weighted by Gasteiger charge is 2.50. The van der Waals surface area contributed by atoms with E-state index in [9.17, 15) is 12.8 Å². The second-order valence-corrected chi connectivity index (χ2v) is 7.08. The molecule has 0 unspecified atom stereocenters. The minimum atomic E-state index is -3.87. The lowest BCUT2D eigenvalue weighted by Crippen LogP contribution is -2.69. The van der Waals surface area contributed by atoms with E-state index in [0.29, 0.717) is 24.7 Å². The summed E-state index contributed by atoms with van der Waals surface area (Å²) >= 11 is 0. The summed E-state index contributed by atoms with van der Waals surface area (Å²) in [6.45, 7) is 1.23. The molecule has 0 radical (unpaired) electrons. The van der Waals surface area contributed by atoms with Gasteiger partial charge in [-0.05, 0) is 37.0 Å². The summed E-state index contributed by atoms with van der Waals surface area (Å²) in [6, 6.07) is 3.72. The standard InChI is InChI=1S/C12H16FN3O2S/c13-10-5-9(19(15,17)18)3-4-11(10)16-6-12(14,7-16)8-1-2-8/h3-5,8H,1-2,6-7,14H2,(H2,15,17,18). The predicted octanol–water partition coefficient (Wildman–Crippen LogP) is 0.401. The molecule has 1 aromatic rings. The highest BCUT2D eigenvalue weighted by Crippen LogP contribution is 2.44. The zero-order chi connectivity index (χ0) is 13.8. The van der Waals surface area contributed by atoms with Gasteiger partial charge in [0, 0.05) is 13.1 Å². The van der Waals surface area contributed by atoms with Crippen LogP contribution >= 0.6 is 0 Å². The quantitative estimate of drug-likeness (QED) is 0.841. The third kappa shape index (κ3) is 2.22. The van der Waals surface area contributed by atoms with Gasteiger partial charge in [0.2, 0.25) is 10.0 Å². The van der Waals surface area contributed by atoms with Crippen LogP contribution in [0.1, 0.15) is 12.8 Å². The summed E-state index contributed by atoms with van der Waals surface area (Å²) in [5, 5.41) is 4.96. The molecule has 1 heterocycles.